The van der Waals surface area contributed by atoms with E-state index < -0.39 is 0 Å². The lowest BCUT2D eigenvalue weighted by Crippen LogP contribution is -2.48. The van der Waals surface area contributed by atoms with E-state index in [1.807, 2.05) is 18.3 Å². The molecule has 1 aromatic heterocycles. The van der Waals surface area contributed by atoms with Gasteiger partial charge < -0.3 is 0 Å². The molecule has 0 radical (unpaired) electrons. The van der Waals surface area contributed by atoms with Crippen molar-refractivity contribution in [2.75, 3.05) is 0 Å². The standard InChI is InChI=1S/C19H20ClN/c20-15-1-2-16-17(3-4-21-18(16)8-15)19-9-12-5-13(10-19)7-14(6-12)11-19/h1-4,8,12-14H,5-7,9-11H2. The fourth-order valence-corrected chi connectivity index (χ4v) is 6.19. The minimum absolute atomic E-state index is 0.434. The van der Waals surface area contributed by atoms with Crippen LogP contribution in [0.5, 0.6) is 0 Å². The first-order valence-electron chi connectivity index (χ1n) is 8.27. The molecule has 2 heteroatoms. The number of hydrogen-bond donors (Lipinski definition) is 0. The van der Waals surface area contributed by atoms with Gasteiger partial charge in [0.25, 0.3) is 0 Å². The van der Waals surface area contributed by atoms with Crippen LogP contribution in [0.25, 0.3) is 10.9 Å². The number of pyridine rings is 1. The van der Waals surface area contributed by atoms with Gasteiger partial charge >= 0.3 is 0 Å². The maximum atomic E-state index is 6.15. The topological polar surface area (TPSA) is 12.9 Å². The molecule has 0 spiro atoms. The van der Waals surface area contributed by atoms with E-state index in [0.717, 1.165) is 28.3 Å². The Kier molecular flexibility index (Phi) is 2.51. The second-order valence-corrected chi connectivity index (χ2v) is 8.15. The van der Waals surface area contributed by atoms with Gasteiger partial charge in [0, 0.05) is 16.6 Å². The average molecular weight is 298 g/mol. The molecule has 1 heterocycles. The van der Waals surface area contributed by atoms with Crippen molar-refractivity contribution in [1.82, 2.24) is 4.98 Å². The van der Waals surface area contributed by atoms with Crippen LogP contribution in [-0.2, 0) is 5.41 Å². The summed E-state index contributed by atoms with van der Waals surface area (Å²) in [5, 5.41) is 2.13. The Morgan fingerprint density at radius 3 is 2.29 bits per heavy atom. The fourth-order valence-electron chi connectivity index (χ4n) is 6.02. The van der Waals surface area contributed by atoms with Crippen molar-refractivity contribution in [3.8, 4) is 0 Å². The summed E-state index contributed by atoms with van der Waals surface area (Å²) in [5.41, 5.74) is 3.06. The van der Waals surface area contributed by atoms with Crippen LogP contribution in [-0.4, -0.2) is 4.98 Å². The van der Waals surface area contributed by atoms with Gasteiger partial charge in [-0.1, -0.05) is 17.7 Å². The maximum absolute atomic E-state index is 6.15. The van der Waals surface area contributed by atoms with E-state index in [9.17, 15) is 0 Å². The minimum atomic E-state index is 0.434. The summed E-state index contributed by atoms with van der Waals surface area (Å²) in [6.07, 6.45) is 10.7. The van der Waals surface area contributed by atoms with Gasteiger partial charge in [0.05, 0.1) is 5.52 Å². The van der Waals surface area contributed by atoms with Crippen LogP contribution in [0, 0.1) is 17.8 Å². The van der Waals surface area contributed by atoms with E-state index in [1.165, 1.54) is 43.9 Å². The van der Waals surface area contributed by atoms with Crippen LogP contribution in [0.4, 0.5) is 0 Å². The third kappa shape index (κ3) is 1.80. The summed E-state index contributed by atoms with van der Waals surface area (Å²) in [5.74, 6) is 2.94. The van der Waals surface area contributed by atoms with Gasteiger partial charge in [-0.15, -0.1) is 0 Å². The lowest BCUT2D eigenvalue weighted by Gasteiger charge is -2.57. The highest BCUT2D eigenvalue weighted by Gasteiger charge is 2.51. The quantitative estimate of drug-likeness (QED) is 0.691. The maximum Gasteiger partial charge on any atom is 0.0719 e. The Bertz CT molecular complexity index is 685. The molecule has 2 aromatic rings. The molecule has 0 aliphatic heterocycles. The number of aromatic nitrogens is 1. The summed E-state index contributed by atoms with van der Waals surface area (Å²) in [4.78, 5) is 4.55. The molecule has 4 bridgehead atoms. The second-order valence-electron chi connectivity index (χ2n) is 7.72. The average Bonchev–Trinajstić information content (AvgIpc) is 2.45. The molecular formula is C19H20ClN. The zero-order valence-electron chi connectivity index (χ0n) is 12.2. The van der Waals surface area contributed by atoms with Gasteiger partial charge in [0.15, 0.2) is 0 Å². The molecule has 108 valence electrons. The minimum Gasteiger partial charge on any atom is -0.256 e. The Balaban J connectivity index is 1.70. The van der Waals surface area contributed by atoms with Crippen molar-refractivity contribution in [3.05, 3.63) is 41.0 Å². The molecule has 0 saturated heterocycles. The van der Waals surface area contributed by atoms with Crippen molar-refractivity contribution in [1.29, 1.82) is 0 Å². The van der Waals surface area contributed by atoms with Gasteiger partial charge in [-0.2, -0.15) is 0 Å². The van der Waals surface area contributed by atoms with Crippen LogP contribution in [0.1, 0.15) is 44.1 Å². The first-order chi connectivity index (χ1) is 10.2. The van der Waals surface area contributed by atoms with E-state index >= 15 is 0 Å². The van der Waals surface area contributed by atoms with Crippen molar-refractivity contribution in [2.24, 2.45) is 17.8 Å². The molecule has 1 aromatic carbocycles. The lowest BCUT2D eigenvalue weighted by atomic mass is 9.48. The SMILES string of the molecule is Clc1ccc2c(C34CC5CC(CC(C5)C3)C4)ccnc2c1. The lowest BCUT2D eigenvalue weighted by molar-refractivity contribution is -0.00451. The molecule has 1 nitrogen and oxygen atoms in total. The molecule has 4 aliphatic rings. The highest BCUT2D eigenvalue weighted by atomic mass is 35.5. The molecule has 4 fully saturated rings. The molecule has 4 saturated carbocycles. The van der Waals surface area contributed by atoms with Gasteiger partial charge in [-0.3, -0.25) is 4.98 Å². The first kappa shape index (κ1) is 12.5. The van der Waals surface area contributed by atoms with Gasteiger partial charge in [-0.25, -0.2) is 0 Å². The number of hydrogen-bond acceptors (Lipinski definition) is 1. The van der Waals surface area contributed by atoms with Crippen LogP contribution in [0.3, 0.4) is 0 Å². The molecule has 4 aliphatic carbocycles. The third-order valence-corrected chi connectivity index (χ3v) is 6.55. The number of nitrogens with zero attached hydrogens (tertiary/aromatic N) is 1. The van der Waals surface area contributed by atoms with Gasteiger partial charge in [0.1, 0.15) is 0 Å². The molecule has 0 atom stereocenters. The summed E-state index contributed by atoms with van der Waals surface area (Å²) >= 11 is 6.15. The van der Waals surface area contributed by atoms with E-state index in [-0.39, 0.29) is 0 Å². The van der Waals surface area contributed by atoms with E-state index in [1.54, 1.807) is 5.56 Å². The molecule has 21 heavy (non-hydrogen) atoms. The second kappa shape index (κ2) is 4.23. The Hall–Kier alpha value is -1.08. The summed E-state index contributed by atoms with van der Waals surface area (Å²) in [7, 11) is 0. The number of benzene rings is 1. The monoisotopic (exact) mass is 297 g/mol. The zero-order valence-corrected chi connectivity index (χ0v) is 12.9. The third-order valence-electron chi connectivity index (χ3n) is 6.31. The largest absolute Gasteiger partial charge is 0.256 e. The van der Waals surface area contributed by atoms with Crippen molar-refractivity contribution < 1.29 is 0 Å². The predicted octanol–water partition coefficient (Wildman–Crippen LogP) is 5.36. The number of fused-ring (bicyclic) bond motifs is 1. The van der Waals surface area contributed by atoms with E-state index in [4.69, 9.17) is 11.6 Å². The van der Waals surface area contributed by atoms with Crippen LogP contribution in [0.2, 0.25) is 5.02 Å². The number of rotatable bonds is 1. The van der Waals surface area contributed by atoms with Crippen LogP contribution < -0.4 is 0 Å². The summed E-state index contributed by atoms with van der Waals surface area (Å²) in [6, 6.07) is 8.53. The molecule has 0 unspecified atom stereocenters. The van der Waals surface area contributed by atoms with Gasteiger partial charge in [-0.05, 0) is 85.5 Å². The van der Waals surface area contributed by atoms with E-state index in [0.29, 0.717) is 5.41 Å². The van der Waals surface area contributed by atoms with Crippen molar-refractivity contribution in [2.45, 2.75) is 43.9 Å². The molecule has 0 amide bonds. The smallest absolute Gasteiger partial charge is 0.0719 e. The Morgan fingerprint density at radius 2 is 1.62 bits per heavy atom. The predicted molar refractivity (Wildman–Crippen MR) is 86.6 cm³/mol. The van der Waals surface area contributed by atoms with Crippen LogP contribution in [0.15, 0.2) is 30.5 Å². The zero-order chi connectivity index (χ0) is 14.0. The van der Waals surface area contributed by atoms with E-state index in [2.05, 4.69) is 17.1 Å². The van der Waals surface area contributed by atoms with Crippen molar-refractivity contribution >= 4 is 22.5 Å². The number of halogens is 1. The van der Waals surface area contributed by atoms with Gasteiger partial charge in [0.2, 0.25) is 0 Å². The fraction of sp³-hybridized carbons (Fsp3) is 0.526. The Labute approximate surface area is 130 Å². The molecular weight excluding hydrogens is 278 g/mol. The van der Waals surface area contributed by atoms with Crippen molar-refractivity contribution in [3.63, 3.8) is 0 Å². The summed E-state index contributed by atoms with van der Waals surface area (Å²) in [6.45, 7) is 0. The van der Waals surface area contributed by atoms with Crippen LogP contribution >= 0.6 is 11.6 Å². The normalized spacial score (nSPS) is 37.3. The summed E-state index contributed by atoms with van der Waals surface area (Å²) < 4.78 is 0. The highest BCUT2D eigenvalue weighted by molar-refractivity contribution is 6.31. The highest BCUT2D eigenvalue weighted by Crippen LogP contribution is 2.61. The first-order valence-corrected chi connectivity index (χ1v) is 8.64. The molecule has 0 N–H and O–H groups in total. The Morgan fingerprint density at radius 1 is 0.952 bits per heavy atom. The molecule has 6 rings (SSSR count).